The average Bonchev–Trinajstić information content (AvgIpc) is 2.38. The maximum atomic E-state index is 10.3. The lowest BCUT2D eigenvalue weighted by Gasteiger charge is -2.05. The fourth-order valence-electron chi connectivity index (χ4n) is 1.54. The molecule has 4 heteroatoms. The second kappa shape index (κ2) is 5.23. The van der Waals surface area contributed by atoms with Gasteiger partial charge in [0.1, 0.15) is 11.5 Å². The van der Waals surface area contributed by atoms with Crippen LogP contribution < -0.4 is 4.74 Å². The SMILES string of the molecule is O=C(O)COc1ccc(-c2ccc(O)cc2)cc1. The maximum absolute atomic E-state index is 10.3. The third kappa shape index (κ3) is 3.01. The molecule has 0 aromatic heterocycles. The van der Waals surface area contributed by atoms with Crippen molar-refractivity contribution in [2.75, 3.05) is 6.61 Å². The quantitative estimate of drug-likeness (QED) is 0.867. The molecule has 2 rings (SSSR count). The third-order valence-corrected chi connectivity index (χ3v) is 2.42. The highest BCUT2D eigenvalue weighted by molar-refractivity contribution is 5.68. The van der Waals surface area contributed by atoms with Crippen molar-refractivity contribution in [3.8, 4) is 22.6 Å². The number of aliphatic carboxylic acids is 1. The van der Waals surface area contributed by atoms with Crippen molar-refractivity contribution in [3.05, 3.63) is 48.5 Å². The van der Waals surface area contributed by atoms with E-state index in [2.05, 4.69) is 0 Å². The van der Waals surface area contributed by atoms with Crippen LogP contribution in [0.4, 0.5) is 0 Å². The van der Waals surface area contributed by atoms with Crippen LogP contribution in [-0.2, 0) is 4.79 Å². The smallest absolute Gasteiger partial charge is 0.341 e. The Morgan fingerprint density at radius 1 is 0.944 bits per heavy atom. The van der Waals surface area contributed by atoms with Gasteiger partial charge in [-0.05, 0) is 35.4 Å². The van der Waals surface area contributed by atoms with Crippen LogP contribution in [0, 0.1) is 0 Å². The van der Waals surface area contributed by atoms with Gasteiger partial charge in [0.25, 0.3) is 0 Å². The Labute approximate surface area is 104 Å². The molecule has 0 amide bonds. The van der Waals surface area contributed by atoms with Gasteiger partial charge in [0.05, 0.1) is 0 Å². The Hall–Kier alpha value is -2.49. The molecule has 0 bridgehead atoms. The summed E-state index contributed by atoms with van der Waals surface area (Å²) in [6, 6.07) is 13.9. The van der Waals surface area contributed by atoms with Crippen LogP contribution in [0.25, 0.3) is 11.1 Å². The molecule has 0 unspecified atom stereocenters. The van der Waals surface area contributed by atoms with E-state index in [1.807, 2.05) is 24.3 Å². The molecule has 4 nitrogen and oxygen atoms in total. The fraction of sp³-hybridized carbons (Fsp3) is 0.0714. The molecule has 0 saturated carbocycles. The van der Waals surface area contributed by atoms with Gasteiger partial charge < -0.3 is 14.9 Å². The van der Waals surface area contributed by atoms with Gasteiger partial charge in [-0.1, -0.05) is 24.3 Å². The molecule has 0 heterocycles. The van der Waals surface area contributed by atoms with E-state index in [0.29, 0.717) is 5.75 Å². The van der Waals surface area contributed by atoms with Crippen molar-refractivity contribution in [2.45, 2.75) is 0 Å². The molecule has 2 aromatic carbocycles. The standard InChI is InChI=1S/C14H12O4/c15-12-5-1-10(2-6-12)11-3-7-13(8-4-11)18-9-14(16)17/h1-8,15H,9H2,(H,16,17). The molecule has 0 aliphatic rings. The molecule has 0 fully saturated rings. The van der Waals surface area contributed by atoms with E-state index in [1.165, 1.54) is 0 Å². The van der Waals surface area contributed by atoms with Crippen molar-refractivity contribution in [3.63, 3.8) is 0 Å². The summed E-state index contributed by atoms with van der Waals surface area (Å²) in [4.78, 5) is 10.3. The van der Waals surface area contributed by atoms with Gasteiger partial charge in [0.15, 0.2) is 6.61 Å². The number of benzene rings is 2. The van der Waals surface area contributed by atoms with E-state index in [1.54, 1.807) is 24.3 Å². The van der Waals surface area contributed by atoms with Crippen molar-refractivity contribution >= 4 is 5.97 Å². The third-order valence-electron chi connectivity index (χ3n) is 2.42. The zero-order chi connectivity index (χ0) is 13.0. The zero-order valence-electron chi connectivity index (χ0n) is 9.54. The first kappa shape index (κ1) is 12.0. The van der Waals surface area contributed by atoms with Gasteiger partial charge in [-0.2, -0.15) is 0 Å². The molecule has 92 valence electrons. The predicted molar refractivity (Wildman–Crippen MR) is 66.7 cm³/mol. The predicted octanol–water partition coefficient (Wildman–Crippen LogP) is 2.52. The normalized spacial score (nSPS) is 10.0. The van der Waals surface area contributed by atoms with Crippen molar-refractivity contribution in [1.82, 2.24) is 0 Å². The van der Waals surface area contributed by atoms with E-state index in [-0.39, 0.29) is 12.4 Å². The summed E-state index contributed by atoms with van der Waals surface area (Å²) >= 11 is 0. The van der Waals surface area contributed by atoms with Crippen LogP contribution in [0.5, 0.6) is 11.5 Å². The van der Waals surface area contributed by atoms with Crippen LogP contribution in [-0.4, -0.2) is 22.8 Å². The van der Waals surface area contributed by atoms with Crippen LogP contribution >= 0.6 is 0 Å². The molecule has 18 heavy (non-hydrogen) atoms. The van der Waals surface area contributed by atoms with E-state index in [9.17, 15) is 9.90 Å². The van der Waals surface area contributed by atoms with Crippen molar-refractivity contribution in [2.24, 2.45) is 0 Å². The summed E-state index contributed by atoms with van der Waals surface area (Å²) in [6.07, 6.45) is 0. The lowest BCUT2D eigenvalue weighted by Crippen LogP contribution is -2.09. The van der Waals surface area contributed by atoms with Crippen molar-refractivity contribution in [1.29, 1.82) is 0 Å². The summed E-state index contributed by atoms with van der Waals surface area (Å²) in [5.41, 5.74) is 1.94. The van der Waals surface area contributed by atoms with Crippen molar-refractivity contribution < 1.29 is 19.7 Å². The van der Waals surface area contributed by atoms with Gasteiger partial charge in [0.2, 0.25) is 0 Å². The van der Waals surface area contributed by atoms with Crippen LogP contribution in [0.2, 0.25) is 0 Å². The van der Waals surface area contributed by atoms with Gasteiger partial charge in [-0.3, -0.25) is 0 Å². The maximum Gasteiger partial charge on any atom is 0.341 e. The lowest BCUT2D eigenvalue weighted by molar-refractivity contribution is -0.139. The number of carboxylic acids is 1. The molecule has 0 aliphatic heterocycles. The average molecular weight is 244 g/mol. The van der Waals surface area contributed by atoms with Crippen LogP contribution in [0.1, 0.15) is 0 Å². The minimum Gasteiger partial charge on any atom is -0.508 e. The summed E-state index contributed by atoms with van der Waals surface area (Å²) in [6.45, 7) is -0.349. The van der Waals surface area contributed by atoms with E-state index < -0.39 is 5.97 Å². The molecule has 0 saturated heterocycles. The molecule has 0 radical (unpaired) electrons. The number of phenols is 1. The summed E-state index contributed by atoms with van der Waals surface area (Å²) < 4.78 is 5.04. The van der Waals surface area contributed by atoms with Gasteiger partial charge in [-0.25, -0.2) is 4.79 Å². The first-order chi connectivity index (χ1) is 8.65. The minimum atomic E-state index is -1.00. The number of ether oxygens (including phenoxy) is 1. The molecule has 0 aliphatic carbocycles. The van der Waals surface area contributed by atoms with E-state index in [0.717, 1.165) is 11.1 Å². The Morgan fingerprint density at radius 3 is 1.94 bits per heavy atom. The Kier molecular flexibility index (Phi) is 3.48. The minimum absolute atomic E-state index is 0.222. The summed E-state index contributed by atoms with van der Waals surface area (Å²) in [5.74, 6) is -0.266. The fourth-order valence-corrected chi connectivity index (χ4v) is 1.54. The molecular formula is C14H12O4. The first-order valence-electron chi connectivity index (χ1n) is 5.39. The topological polar surface area (TPSA) is 66.8 Å². The highest BCUT2D eigenvalue weighted by Gasteiger charge is 2.01. The molecule has 2 aromatic rings. The highest BCUT2D eigenvalue weighted by atomic mass is 16.5. The Bertz CT molecular complexity index is 529. The second-order valence-corrected chi connectivity index (χ2v) is 3.75. The number of phenolic OH excluding ortho intramolecular Hbond substituents is 1. The number of hydrogen-bond acceptors (Lipinski definition) is 3. The first-order valence-corrected chi connectivity index (χ1v) is 5.39. The van der Waals surface area contributed by atoms with Gasteiger partial charge in [-0.15, -0.1) is 0 Å². The van der Waals surface area contributed by atoms with Gasteiger partial charge >= 0.3 is 5.97 Å². The van der Waals surface area contributed by atoms with Crippen LogP contribution in [0.15, 0.2) is 48.5 Å². The number of hydrogen-bond donors (Lipinski definition) is 2. The largest absolute Gasteiger partial charge is 0.508 e. The molecule has 0 spiro atoms. The van der Waals surface area contributed by atoms with E-state index in [4.69, 9.17) is 9.84 Å². The second-order valence-electron chi connectivity index (χ2n) is 3.75. The lowest BCUT2D eigenvalue weighted by atomic mass is 10.1. The number of aromatic hydroxyl groups is 1. The monoisotopic (exact) mass is 244 g/mol. The summed E-state index contributed by atoms with van der Waals surface area (Å²) in [7, 11) is 0. The Morgan fingerprint density at radius 2 is 1.44 bits per heavy atom. The number of rotatable bonds is 4. The molecular weight excluding hydrogens is 232 g/mol. The molecule has 0 atom stereocenters. The Balaban J connectivity index is 2.12. The van der Waals surface area contributed by atoms with E-state index >= 15 is 0 Å². The van der Waals surface area contributed by atoms with Crippen LogP contribution in [0.3, 0.4) is 0 Å². The number of carboxylic acid groups (broad SMARTS) is 1. The zero-order valence-corrected chi connectivity index (χ0v) is 9.54. The van der Waals surface area contributed by atoms with Gasteiger partial charge in [0, 0.05) is 0 Å². The number of carbonyl (C=O) groups is 1. The highest BCUT2D eigenvalue weighted by Crippen LogP contribution is 2.24. The molecule has 2 N–H and O–H groups in total. The summed E-state index contributed by atoms with van der Waals surface area (Å²) in [5, 5.41) is 17.7.